The van der Waals surface area contributed by atoms with Gasteiger partial charge < -0.3 is 9.64 Å². The molecule has 6 heteroatoms. The van der Waals surface area contributed by atoms with Crippen LogP contribution >= 0.6 is 0 Å². The summed E-state index contributed by atoms with van der Waals surface area (Å²) in [6.45, 7) is 1.37. The Balaban J connectivity index is 1.67. The number of anilines is 2. The number of rotatable bonds is 2. The highest BCUT2D eigenvalue weighted by molar-refractivity contribution is 6.11. The highest BCUT2D eigenvalue weighted by atomic mass is 16.5. The lowest BCUT2D eigenvalue weighted by Gasteiger charge is -2.23. The lowest BCUT2D eigenvalue weighted by molar-refractivity contribution is 0.0983. The largest absolute Gasteiger partial charge is 0.496 e. The van der Waals surface area contributed by atoms with Crippen LogP contribution in [0.1, 0.15) is 16.8 Å². The predicted octanol–water partition coefficient (Wildman–Crippen LogP) is 4.28. The standard InChI is InChI=1S/C24H22N4O2/c1-27-12-7-13-28(23-22(27)25-19-10-5-6-11-20(19)26-23)24(29)18-14-16-8-3-4-9-17(16)15-21(18)30-2/h3-6,8-11,14-15H,7,12-13H2,1-2H3. The first-order valence-corrected chi connectivity index (χ1v) is 10.0. The number of hydrogen-bond acceptors (Lipinski definition) is 5. The van der Waals surface area contributed by atoms with Gasteiger partial charge in [-0.05, 0) is 41.5 Å². The van der Waals surface area contributed by atoms with E-state index in [1.54, 1.807) is 12.0 Å². The molecule has 0 radical (unpaired) electrons. The summed E-state index contributed by atoms with van der Waals surface area (Å²) in [6, 6.07) is 19.5. The van der Waals surface area contributed by atoms with E-state index >= 15 is 0 Å². The van der Waals surface area contributed by atoms with Crippen LogP contribution in [0.15, 0.2) is 60.7 Å². The maximum absolute atomic E-state index is 13.7. The van der Waals surface area contributed by atoms with Gasteiger partial charge in [-0.1, -0.05) is 36.4 Å². The fraction of sp³-hybridized carbons (Fsp3) is 0.208. The Morgan fingerprint density at radius 3 is 2.23 bits per heavy atom. The average Bonchev–Trinajstić information content (AvgIpc) is 2.94. The summed E-state index contributed by atoms with van der Waals surface area (Å²) in [7, 11) is 3.59. The smallest absolute Gasteiger partial charge is 0.263 e. The van der Waals surface area contributed by atoms with E-state index < -0.39 is 0 Å². The van der Waals surface area contributed by atoms with Crippen molar-refractivity contribution in [2.45, 2.75) is 6.42 Å². The molecular formula is C24H22N4O2. The van der Waals surface area contributed by atoms with Crippen molar-refractivity contribution in [3.05, 3.63) is 66.2 Å². The quantitative estimate of drug-likeness (QED) is 0.504. The molecule has 0 N–H and O–H groups in total. The van der Waals surface area contributed by atoms with Gasteiger partial charge >= 0.3 is 0 Å². The minimum absolute atomic E-state index is 0.126. The van der Waals surface area contributed by atoms with Crippen molar-refractivity contribution < 1.29 is 9.53 Å². The predicted molar refractivity (Wildman–Crippen MR) is 120 cm³/mol. The van der Waals surface area contributed by atoms with Gasteiger partial charge in [0.05, 0.1) is 23.7 Å². The molecule has 150 valence electrons. The van der Waals surface area contributed by atoms with Crippen LogP contribution in [0, 0.1) is 0 Å². The van der Waals surface area contributed by atoms with Gasteiger partial charge in [0.15, 0.2) is 11.6 Å². The number of hydrogen-bond donors (Lipinski definition) is 0. The van der Waals surface area contributed by atoms with Crippen LogP contribution in [0.3, 0.4) is 0 Å². The summed E-state index contributed by atoms with van der Waals surface area (Å²) >= 11 is 0. The second kappa shape index (κ2) is 7.30. The van der Waals surface area contributed by atoms with Gasteiger partial charge in [0.25, 0.3) is 5.91 Å². The number of amides is 1. The highest BCUT2D eigenvalue weighted by Gasteiger charge is 2.29. The molecule has 6 nitrogen and oxygen atoms in total. The first-order chi connectivity index (χ1) is 14.7. The monoisotopic (exact) mass is 398 g/mol. The van der Waals surface area contributed by atoms with Crippen LogP contribution in [0.4, 0.5) is 11.6 Å². The summed E-state index contributed by atoms with van der Waals surface area (Å²) in [5.74, 6) is 1.75. The third-order valence-electron chi connectivity index (χ3n) is 5.57. The van der Waals surface area contributed by atoms with Gasteiger partial charge in [-0.2, -0.15) is 0 Å². The Bertz CT molecular complexity index is 1270. The topological polar surface area (TPSA) is 58.6 Å². The minimum atomic E-state index is -0.126. The minimum Gasteiger partial charge on any atom is -0.496 e. The van der Waals surface area contributed by atoms with Crippen LogP contribution in [0.5, 0.6) is 5.75 Å². The van der Waals surface area contributed by atoms with Crippen LogP contribution in [-0.2, 0) is 0 Å². The molecule has 3 aromatic carbocycles. The van der Waals surface area contributed by atoms with Crippen LogP contribution < -0.4 is 14.5 Å². The SMILES string of the molecule is COc1cc2ccccc2cc1C(=O)N1CCCN(C)c2nc3ccccc3nc21. The molecule has 0 bridgehead atoms. The molecule has 2 heterocycles. The lowest BCUT2D eigenvalue weighted by Crippen LogP contribution is -2.32. The molecule has 1 aromatic heterocycles. The maximum Gasteiger partial charge on any atom is 0.263 e. The summed E-state index contributed by atoms with van der Waals surface area (Å²) in [5, 5.41) is 2.03. The van der Waals surface area contributed by atoms with E-state index in [0.717, 1.165) is 40.6 Å². The molecule has 0 saturated heterocycles. The molecule has 1 amide bonds. The molecule has 0 aliphatic carbocycles. The number of aromatic nitrogens is 2. The summed E-state index contributed by atoms with van der Waals surface area (Å²) < 4.78 is 5.58. The number of fused-ring (bicyclic) bond motifs is 3. The number of para-hydroxylation sites is 2. The van der Waals surface area contributed by atoms with Gasteiger partial charge in [0, 0.05) is 20.1 Å². The highest BCUT2D eigenvalue weighted by Crippen LogP contribution is 2.33. The van der Waals surface area contributed by atoms with Crippen molar-refractivity contribution in [3.8, 4) is 5.75 Å². The van der Waals surface area contributed by atoms with E-state index in [1.165, 1.54) is 0 Å². The Hall–Kier alpha value is -3.67. The van der Waals surface area contributed by atoms with Crippen molar-refractivity contribution in [2.24, 2.45) is 0 Å². The van der Waals surface area contributed by atoms with E-state index in [1.807, 2.05) is 67.7 Å². The first-order valence-electron chi connectivity index (χ1n) is 10.0. The van der Waals surface area contributed by atoms with Gasteiger partial charge in [-0.3, -0.25) is 9.69 Å². The van der Waals surface area contributed by atoms with Gasteiger partial charge in [0.2, 0.25) is 0 Å². The fourth-order valence-electron chi connectivity index (χ4n) is 3.99. The lowest BCUT2D eigenvalue weighted by atomic mass is 10.0. The van der Waals surface area contributed by atoms with Crippen LogP contribution in [0.25, 0.3) is 21.8 Å². The van der Waals surface area contributed by atoms with Crippen molar-refractivity contribution in [1.29, 1.82) is 0 Å². The van der Waals surface area contributed by atoms with Gasteiger partial charge in [-0.15, -0.1) is 0 Å². The van der Waals surface area contributed by atoms with Gasteiger partial charge in [0.1, 0.15) is 5.75 Å². The van der Waals surface area contributed by atoms with E-state index in [-0.39, 0.29) is 5.91 Å². The molecule has 5 rings (SSSR count). The maximum atomic E-state index is 13.7. The van der Waals surface area contributed by atoms with Crippen molar-refractivity contribution in [1.82, 2.24) is 9.97 Å². The molecule has 30 heavy (non-hydrogen) atoms. The third kappa shape index (κ3) is 3.01. The summed E-state index contributed by atoms with van der Waals surface area (Å²) in [4.78, 5) is 27.2. The van der Waals surface area contributed by atoms with Crippen LogP contribution in [0.2, 0.25) is 0 Å². The van der Waals surface area contributed by atoms with Crippen molar-refractivity contribution in [2.75, 3.05) is 37.0 Å². The third-order valence-corrected chi connectivity index (χ3v) is 5.57. The zero-order valence-electron chi connectivity index (χ0n) is 17.0. The number of benzene rings is 3. The fourth-order valence-corrected chi connectivity index (χ4v) is 3.99. The number of carbonyl (C=O) groups excluding carboxylic acids is 1. The Morgan fingerprint density at radius 2 is 1.53 bits per heavy atom. The van der Waals surface area contributed by atoms with E-state index in [0.29, 0.717) is 23.7 Å². The molecule has 0 spiro atoms. The second-order valence-corrected chi connectivity index (χ2v) is 7.49. The molecule has 4 aromatic rings. The van der Waals surface area contributed by atoms with E-state index in [9.17, 15) is 4.79 Å². The molecule has 1 aliphatic rings. The average molecular weight is 398 g/mol. The Morgan fingerprint density at radius 1 is 0.900 bits per heavy atom. The molecule has 1 aliphatic heterocycles. The molecule has 0 fully saturated rings. The number of carbonyl (C=O) groups is 1. The Labute approximate surface area is 174 Å². The molecule has 0 atom stereocenters. The zero-order chi connectivity index (χ0) is 20.7. The number of nitrogens with zero attached hydrogens (tertiary/aromatic N) is 4. The molecule has 0 saturated carbocycles. The summed E-state index contributed by atoms with van der Waals surface area (Å²) in [5.41, 5.74) is 2.12. The van der Waals surface area contributed by atoms with Crippen molar-refractivity contribution in [3.63, 3.8) is 0 Å². The normalized spacial score (nSPS) is 13.9. The van der Waals surface area contributed by atoms with E-state index in [2.05, 4.69) is 4.90 Å². The Kier molecular flexibility index (Phi) is 4.47. The van der Waals surface area contributed by atoms with Crippen LogP contribution in [-0.4, -0.2) is 43.1 Å². The molecular weight excluding hydrogens is 376 g/mol. The van der Waals surface area contributed by atoms with Gasteiger partial charge in [-0.25, -0.2) is 9.97 Å². The summed E-state index contributed by atoms with van der Waals surface area (Å²) in [6.07, 6.45) is 0.826. The van der Waals surface area contributed by atoms with E-state index in [4.69, 9.17) is 14.7 Å². The first kappa shape index (κ1) is 18.4. The molecule has 0 unspecified atom stereocenters. The van der Waals surface area contributed by atoms with Crippen molar-refractivity contribution >= 4 is 39.3 Å². The zero-order valence-corrected chi connectivity index (χ0v) is 17.0. The number of methoxy groups -OCH3 is 1. The second-order valence-electron chi connectivity index (χ2n) is 7.49. The number of ether oxygens (including phenoxy) is 1.